The maximum atomic E-state index is 12.1. The van der Waals surface area contributed by atoms with Gasteiger partial charge in [0.15, 0.2) is 0 Å². The van der Waals surface area contributed by atoms with E-state index in [2.05, 4.69) is 10.6 Å². The topological polar surface area (TPSA) is 84.3 Å². The molecule has 1 aromatic carbocycles. The summed E-state index contributed by atoms with van der Waals surface area (Å²) in [6.07, 6.45) is 1.95. The van der Waals surface area contributed by atoms with Crippen molar-refractivity contribution in [2.75, 3.05) is 24.7 Å². The molecule has 110 valence electrons. The number of nitro groups is 1. The van der Waals surface area contributed by atoms with Crippen molar-refractivity contribution in [1.82, 2.24) is 5.32 Å². The number of carbonyl (C=O) groups is 1. The van der Waals surface area contributed by atoms with E-state index < -0.39 is 10.8 Å². The predicted molar refractivity (Wildman–Crippen MR) is 82.6 cm³/mol. The molecular weight excluding hydrogens is 278 g/mol. The van der Waals surface area contributed by atoms with Gasteiger partial charge in [-0.1, -0.05) is 6.92 Å². The van der Waals surface area contributed by atoms with E-state index in [0.717, 1.165) is 0 Å². The van der Waals surface area contributed by atoms with Crippen LogP contribution in [0.1, 0.15) is 24.2 Å². The number of nitrogens with zero attached hydrogens (tertiary/aromatic N) is 1. The lowest BCUT2D eigenvalue weighted by atomic mass is 10.1. The highest BCUT2D eigenvalue weighted by Crippen LogP contribution is 2.22. The van der Waals surface area contributed by atoms with Gasteiger partial charge in [-0.15, -0.1) is 0 Å². The number of nitro benzene ring substituents is 1. The van der Waals surface area contributed by atoms with Crippen molar-refractivity contribution in [1.29, 1.82) is 0 Å². The Morgan fingerprint density at radius 1 is 1.50 bits per heavy atom. The summed E-state index contributed by atoms with van der Waals surface area (Å²) in [6, 6.07) is 4.47. The van der Waals surface area contributed by atoms with E-state index in [4.69, 9.17) is 0 Å². The van der Waals surface area contributed by atoms with Crippen LogP contribution in [0.15, 0.2) is 18.2 Å². The highest BCUT2D eigenvalue weighted by atomic mass is 32.2. The van der Waals surface area contributed by atoms with Gasteiger partial charge in [0, 0.05) is 30.1 Å². The van der Waals surface area contributed by atoms with Gasteiger partial charge in [0.05, 0.1) is 4.92 Å². The number of amides is 1. The molecule has 0 heterocycles. The Balaban J connectivity index is 2.96. The van der Waals surface area contributed by atoms with E-state index >= 15 is 0 Å². The number of nitrogens with one attached hydrogen (secondary N) is 2. The largest absolute Gasteiger partial charge is 0.385 e. The molecule has 0 bridgehead atoms. The molecule has 0 radical (unpaired) electrons. The second-order valence-electron chi connectivity index (χ2n) is 4.28. The van der Waals surface area contributed by atoms with Crippen molar-refractivity contribution in [3.8, 4) is 0 Å². The van der Waals surface area contributed by atoms with Crippen LogP contribution in [0.5, 0.6) is 0 Å². The molecule has 0 aliphatic heterocycles. The third-order valence-electron chi connectivity index (χ3n) is 2.77. The Labute approximate surface area is 122 Å². The fourth-order valence-electron chi connectivity index (χ4n) is 1.61. The molecule has 0 spiro atoms. The average molecular weight is 297 g/mol. The van der Waals surface area contributed by atoms with Crippen LogP contribution in [-0.4, -0.2) is 35.4 Å². The number of carbonyl (C=O) groups excluding carboxylic acids is 1. The van der Waals surface area contributed by atoms with Gasteiger partial charge in [-0.3, -0.25) is 14.9 Å². The maximum Gasteiger partial charge on any atom is 0.282 e. The highest BCUT2D eigenvalue weighted by molar-refractivity contribution is 7.99. The minimum atomic E-state index is -0.539. The third-order valence-corrected chi connectivity index (χ3v) is 3.74. The second kappa shape index (κ2) is 7.74. The molecule has 1 atom stereocenters. The van der Waals surface area contributed by atoms with E-state index in [1.165, 1.54) is 12.1 Å². The highest BCUT2D eigenvalue weighted by Gasteiger charge is 2.20. The van der Waals surface area contributed by atoms with Crippen LogP contribution < -0.4 is 10.6 Å². The SMILES string of the molecule is CCNc1ccc([N+](=O)[O-])c(C(=O)NCC(C)SC)c1. The van der Waals surface area contributed by atoms with Crippen molar-refractivity contribution in [2.24, 2.45) is 0 Å². The van der Waals surface area contributed by atoms with Gasteiger partial charge in [0.25, 0.3) is 11.6 Å². The Hall–Kier alpha value is -1.76. The molecule has 0 aliphatic carbocycles. The normalized spacial score (nSPS) is 11.8. The molecule has 0 saturated carbocycles. The van der Waals surface area contributed by atoms with Crippen LogP contribution in [0, 0.1) is 10.1 Å². The molecular formula is C13H19N3O3S. The first-order valence-electron chi connectivity index (χ1n) is 6.32. The monoisotopic (exact) mass is 297 g/mol. The summed E-state index contributed by atoms with van der Waals surface area (Å²) >= 11 is 1.62. The van der Waals surface area contributed by atoms with E-state index in [0.29, 0.717) is 18.8 Å². The molecule has 0 saturated heterocycles. The van der Waals surface area contributed by atoms with E-state index in [9.17, 15) is 14.9 Å². The van der Waals surface area contributed by atoms with Gasteiger partial charge in [0.2, 0.25) is 0 Å². The number of benzene rings is 1. The van der Waals surface area contributed by atoms with Gasteiger partial charge in [-0.2, -0.15) is 11.8 Å². The first kappa shape index (κ1) is 16.3. The maximum absolute atomic E-state index is 12.1. The molecule has 1 rings (SSSR count). The number of hydrogen-bond acceptors (Lipinski definition) is 5. The first-order valence-corrected chi connectivity index (χ1v) is 7.61. The third kappa shape index (κ3) is 4.41. The summed E-state index contributed by atoms with van der Waals surface area (Å²) in [6.45, 7) is 5.06. The molecule has 0 aliphatic rings. The average Bonchev–Trinajstić information content (AvgIpc) is 2.44. The molecule has 1 aromatic rings. The Bertz CT molecular complexity index is 494. The molecule has 2 N–H and O–H groups in total. The lowest BCUT2D eigenvalue weighted by molar-refractivity contribution is -0.385. The molecule has 1 amide bonds. The van der Waals surface area contributed by atoms with Crippen LogP contribution in [0.2, 0.25) is 0 Å². The molecule has 7 heteroatoms. The minimum Gasteiger partial charge on any atom is -0.385 e. The summed E-state index contributed by atoms with van der Waals surface area (Å²) in [5, 5.41) is 17.0. The van der Waals surface area contributed by atoms with Crippen LogP contribution in [0.4, 0.5) is 11.4 Å². The van der Waals surface area contributed by atoms with Crippen LogP contribution in [0.25, 0.3) is 0 Å². The lowest BCUT2D eigenvalue weighted by Crippen LogP contribution is -2.29. The van der Waals surface area contributed by atoms with Crippen molar-refractivity contribution in [3.63, 3.8) is 0 Å². The van der Waals surface area contributed by atoms with Gasteiger partial charge >= 0.3 is 0 Å². The van der Waals surface area contributed by atoms with Crippen molar-refractivity contribution < 1.29 is 9.72 Å². The Morgan fingerprint density at radius 3 is 2.75 bits per heavy atom. The molecule has 0 aromatic heterocycles. The fraction of sp³-hybridized carbons (Fsp3) is 0.462. The van der Waals surface area contributed by atoms with Gasteiger partial charge in [-0.05, 0) is 25.3 Å². The van der Waals surface area contributed by atoms with Crippen LogP contribution in [-0.2, 0) is 0 Å². The zero-order valence-corrected chi connectivity index (χ0v) is 12.6. The molecule has 6 nitrogen and oxygen atoms in total. The van der Waals surface area contributed by atoms with Gasteiger partial charge < -0.3 is 10.6 Å². The smallest absolute Gasteiger partial charge is 0.282 e. The summed E-state index contributed by atoms with van der Waals surface area (Å²) < 4.78 is 0. The second-order valence-corrected chi connectivity index (χ2v) is 5.55. The van der Waals surface area contributed by atoms with Gasteiger partial charge in [-0.25, -0.2) is 0 Å². The number of thioether (sulfide) groups is 1. The lowest BCUT2D eigenvalue weighted by Gasteiger charge is -2.11. The zero-order chi connectivity index (χ0) is 15.1. The van der Waals surface area contributed by atoms with E-state index in [1.54, 1.807) is 17.8 Å². The summed E-state index contributed by atoms with van der Waals surface area (Å²) in [5.74, 6) is -0.419. The zero-order valence-electron chi connectivity index (χ0n) is 11.8. The fourth-order valence-corrected chi connectivity index (χ4v) is 1.86. The van der Waals surface area contributed by atoms with Crippen molar-refractivity contribution >= 4 is 29.0 Å². The summed E-state index contributed by atoms with van der Waals surface area (Å²) in [5.41, 5.74) is 0.601. The Kier molecular flexibility index (Phi) is 6.30. The minimum absolute atomic E-state index is 0.0850. The van der Waals surface area contributed by atoms with Crippen LogP contribution >= 0.6 is 11.8 Å². The Morgan fingerprint density at radius 2 is 2.20 bits per heavy atom. The van der Waals surface area contributed by atoms with Crippen molar-refractivity contribution in [3.05, 3.63) is 33.9 Å². The molecule has 1 unspecified atom stereocenters. The van der Waals surface area contributed by atoms with E-state index in [1.807, 2.05) is 20.1 Å². The van der Waals surface area contributed by atoms with Crippen LogP contribution in [0.3, 0.4) is 0 Å². The van der Waals surface area contributed by atoms with E-state index in [-0.39, 0.29) is 16.5 Å². The number of hydrogen-bond donors (Lipinski definition) is 2. The first-order chi connectivity index (χ1) is 9.49. The standard InChI is InChI=1S/C13H19N3O3S/c1-4-14-10-5-6-12(16(18)19)11(7-10)13(17)15-8-9(2)20-3/h5-7,9,14H,4,8H2,1-3H3,(H,15,17). The summed E-state index contributed by atoms with van der Waals surface area (Å²) in [7, 11) is 0. The van der Waals surface area contributed by atoms with Crippen molar-refractivity contribution in [2.45, 2.75) is 19.1 Å². The predicted octanol–water partition coefficient (Wildman–Crippen LogP) is 2.51. The van der Waals surface area contributed by atoms with Gasteiger partial charge in [0.1, 0.15) is 5.56 Å². The molecule has 0 fully saturated rings. The number of anilines is 1. The quantitative estimate of drug-likeness (QED) is 0.596. The summed E-state index contributed by atoms with van der Waals surface area (Å²) in [4.78, 5) is 22.5. The number of rotatable bonds is 7. The molecule has 20 heavy (non-hydrogen) atoms.